The van der Waals surface area contributed by atoms with Crippen molar-refractivity contribution in [1.29, 1.82) is 0 Å². The van der Waals surface area contributed by atoms with Crippen LogP contribution in [0.4, 0.5) is 5.95 Å². The number of hydrazine groups is 1. The maximum Gasteiger partial charge on any atom is 0.225 e. The highest BCUT2D eigenvalue weighted by Crippen LogP contribution is 2.43. The molecule has 0 aromatic carbocycles. The minimum atomic E-state index is -3.09. The van der Waals surface area contributed by atoms with E-state index in [2.05, 4.69) is 49.8 Å². The average molecular weight is 529 g/mol. The molecule has 200 valence electrons. The van der Waals surface area contributed by atoms with Crippen molar-refractivity contribution in [2.24, 2.45) is 11.3 Å². The first-order valence-electron chi connectivity index (χ1n) is 13.1. The van der Waals surface area contributed by atoms with Crippen LogP contribution in [-0.2, 0) is 14.8 Å². The Bertz CT molecular complexity index is 1240. The fraction of sp³-hybridized carbons (Fsp3) is 0.680. The largest absolute Gasteiger partial charge is 0.370 e. The molecule has 1 aliphatic carbocycles. The smallest absolute Gasteiger partial charge is 0.225 e. The Morgan fingerprint density at radius 2 is 1.81 bits per heavy atom. The van der Waals surface area contributed by atoms with E-state index in [1.165, 1.54) is 6.26 Å². The van der Waals surface area contributed by atoms with Gasteiger partial charge in [-0.2, -0.15) is 10.2 Å². The first kappa shape index (κ1) is 25.1. The summed E-state index contributed by atoms with van der Waals surface area (Å²) in [6.45, 7) is 8.97. The molecule has 37 heavy (non-hydrogen) atoms. The van der Waals surface area contributed by atoms with Crippen molar-refractivity contribution in [1.82, 2.24) is 35.3 Å². The van der Waals surface area contributed by atoms with Gasteiger partial charge in [-0.1, -0.05) is 0 Å². The molecule has 4 fully saturated rings. The van der Waals surface area contributed by atoms with Crippen molar-refractivity contribution in [2.75, 3.05) is 37.3 Å². The van der Waals surface area contributed by atoms with E-state index in [0.717, 1.165) is 54.7 Å². The first-order chi connectivity index (χ1) is 17.6. The molecule has 0 amide bonds. The van der Waals surface area contributed by atoms with Gasteiger partial charge in [-0.25, -0.2) is 28.1 Å². The molecule has 4 unspecified atom stereocenters. The summed E-state index contributed by atoms with van der Waals surface area (Å²) in [6, 6.07) is 0.530. The normalized spacial score (nSPS) is 30.0. The van der Waals surface area contributed by atoms with Crippen molar-refractivity contribution in [3.8, 4) is 0 Å². The van der Waals surface area contributed by atoms with Crippen LogP contribution in [0.5, 0.6) is 0 Å². The highest BCUT2D eigenvalue weighted by Gasteiger charge is 2.55. The number of hydrogen-bond acceptors (Lipinski definition) is 10. The minimum Gasteiger partial charge on any atom is -0.370 e. The van der Waals surface area contributed by atoms with Crippen LogP contribution in [0.25, 0.3) is 0 Å². The summed E-state index contributed by atoms with van der Waals surface area (Å²) in [5, 5.41) is 8.28. The molecule has 2 N–H and O–H groups in total. The molecule has 5 atom stereocenters. The van der Waals surface area contributed by atoms with Gasteiger partial charge in [0.1, 0.15) is 0 Å². The quantitative estimate of drug-likeness (QED) is 0.569. The molecule has 5 heterocycles. The molecule has 6 rings (SSSR count). The predicted molar refractivity (Wildman–Crippen MR) is 138 cm³/mol. The van der Waals surface area contributed by atoms with Crippen molar-refractivity contribution in [3.05, 3.63) is 41.0 Å². The molecular weight excluding hydrogens is 492 g/mol. The van der Waals surface area contributed by atoms with E-state index in [1.54, 1.807) is 10.5 Å². The van der Waals surface area contributed by atoms with E-state index in [9.17, 15) is 8.42 Å². The molecule has 4 aliphatic rings. The number of aromatic nitrogens is 4. The molecular formula is C25H36N8O3S. The fourth-order valence-corrected chi connectivity index (χ4v) is 7.77. The van der Waals surface area contributed by atoms with E-state index in [4.69, 9.17) is 4.74 Å². The lowest BCUT2D eigenvalue weighted by molar-refractivity contribution is -0.0377. The monoisotopic (exact) mass is 528 g/mol. The second-order valence-corrected chi connectivity index (χ2v) is 13.5. The molecule has 3 saturated heterocycles. The number of nitrogens with one attached hydrogen (secondary N) is 2. The molecule has 12 heteroatoms. The lowest BCUT2D eigenvalue weighted by atomic mass is 9.74. The molecule has 1 saturated carbocycles. The Hall–Kier alpha value is -2.25. The minimum absolute atomic E-state index is 0.0274. The van der Waals surface area contributed by atoms with Crippen LogP contribution >= 0.6 is 0 Å². The third kappa shape index (κ3) is 4.63. The van der Waals surface area contributed by atoms with Gasteiger partial charge in [-0.15, -0.1) is 0 Å². The Balaban J connectivity index is 1.07. The van der Waals surface area contributed by atoms with Crippen LogP contribution in [-0.4, -0.2) is 77.5 Å². The van der Waals surface area contributed by atoms with Crippen LogP contribution in [0.15, 0.2) is 18.6 Å². The second-order valence-electron chi connectivity index (χ2n) is 11.5. The zero-order valence-corrected chi connectivity index (χ0v) is 22.7. The number of aryl methyl sites for hydroxylation is 2. The first-order valence-corrected chi connectivity index (χ1v) is 14.9. The average Bonchev–Trinajstić information content (AvgIpc) is 3.20. The zero-order chi connectivity index (χ0) is 25.9. The van der Waals surface area contributed by atoms with Gasteiger partial charge in [0.25, 0.3) is 0 Å². The summed E-state index contributed by atoms with van der Waals surface area (Å²) in [5.41, 5.74) is 11.3. The third-order valence-corrected chi connectivity index (χ3v) is 9.82. The lowest BCUT2D eigenvalue weighted by Gasteiger charge is -2.59. The Morgan fingerprint density at radius 3 is 2.49 bits per heavy atom. The van der Waals surface area contributed by atoms with Crippen molar-refractivity contribution >= 4 is 16.0 Å². The SMILES string of the molecule is Cc1cnnc(C)c1[C@H](C)OC1CCC2NNC(c3cnc(N4CC5(C4)CN(S(C)(=O)=O)C5)nc3)C2C1. The lowest BCUT2D eigenvalue weighted by Crippen LogP contribution is -2.73. The number of rotatable bonds is 6. The maximum atomic E-state index is 11.7. The van der Waals surface area contributed by atoms with Gasteiger partial charge in [-0.05, 0) is 51.5 Å². The Kier molecular flexibility index (Phi) is 6.22. The van der Waals surface area contributed by atoms with E-state index in [1.807, 2.05) is 19.3 Å². The third-order valence-electron chi connectivity index (χ3n) is 8.63. The number of hydrogen-bond donors (Lipinski definition) is 2. The summed E-state index contributed by atoms with van der Waals surface area (Å²) in [5.74, 6) is 1.10. The summed E-state index contributed by atoms with van der Waals surface area (Å²) >= 11 is 0. The highest BCUT2D eigenvalue weighted by molar-refractivity contribution is 7.88. The Morgan fingerprint density at radius 1 is 1.08 bits per heavy atom. The van der Waals surface area contributed by atoms with Crippen LogP contribution in [0.2, 0.25) is 0 Å². The van der Waals surface area contributed by atoms with Crippen LogP contribution < -0.4 is 15.8 Å². The maximum absolute atomic E-state index is 11.7. The van der Waals surface area contributed by atoms with Crippen LogP contribution in [0.1, 0.15) is 60.7 Å². The molecule has 2 aromatic heterocycles. The number of anilines is 1. The standard InChI is InChI=1S/C25H36N8O3S/c1-15-8-28-29-16(2)22(15)17(3)36-19-5-6-21-20(7-19)23(31-30-21)18-9-26-24(27-10-18)32-11-25(12-32)13-33(14-25)37(4,34)35/h8-10,17,19-21,23,30-31H,5-7,11-14H2,1-4H3/t17-,19?,20?,21?,23?/m0/s1. The van der Waals surface area contributed by atoms with E-state index in [-0.39, 0.29) is 23.7 Å². The van der Waals surface area contributed by atoms with Gasteiger partial charge in [0.15, 0.2) is 0 Å². The molecule has 2 aromatic rings. The van der Waals surface area contributed by atoms with E-state index >= 15 is 0 Å². The Labute approximate surface area is 218 Å². The van der Waals surface area contributed by atoms with Crippen molar-refractivity contribution in [3.63, 3.8) is 0 Å². The van der Waals surface area contributed by atoms with Gasteiger partial charge in [0.05, 0.1) is 36.4 Å². The van der Waals surface area contributed by atoms with Gasteiger partial charge in [0, 0.05) is 61.2 Å². The summed E-state index contributed by atoms with van der Waals surface area (Å²) in [6.07, 6.45) is 10.1. The number of ether oxygens (including phenoxy) is 1. The van der Waals surface area contributed by atoms with Gasteiger partial charge < -0.3 is 9.64 Å². The summed E-state index contributed by atoms with van der Waals surface area (Å²) < 4.78 is 31.5. The van der Waals surface area contributed by atoms with E-state index < -0.39 is 10.0 Å². The fourth-order valence-electron chi connectivity index (χ4n) is 6.75. The van der Waals surface area contributed by atoms with Gasteiger partial charge in [0.2, 0.25) is 16.0 Å². The molecule has 3 aliphatic heterocycles. The second kappa shape index (κ2) is 9.19. The molecule has 0 bridgehead atoms. The zero-order valence-electron chi connectivity index (χ0n) is 21.9. The molecule has 0 radical (unpaired) electrons. The summed E-state index contributed by atoms with van der Waals surface area (Å²) in [4.78, 5) is 11.5. The predicted octanol–water partition coefficient (Wildman–Crippen LogP) is 1.43. The van der Waals surface area contributed by atoms with Gasteiger partial charge in [-0.3, -0.25) is 5.43 Å². The van der Waals surface area contributed by atoms with Crippen molar-refractivity contribution in [2.45, 2.75) is 64.3 Å². The highest BCUT2D eigenvalue weighted by atomic mass is 32.2. The van der Waals surface area contributed by atoms with E-state index in [0.29, 0.717) is 31.0 Å². The number of nitrogens with zero attached hydrogens (tertiary/aromatic N) is 6. The molecule has 1 spiro atoms. The number of fused-ring (bicyclic) bond motifs is 1. The van der Waals surface area contributed by atoms with Crippen LogP contribution in [0.3, 0.4) is 0 Å². The topological polar surface area (TPSA) is 125 Å². The number of sulfonamides is 1. The van der Waals surface area contributed by atoms with Crippen LogP contribution in [0, 0.1) is 25.2 Å². The van der Waals surface area contributed by atoms with Gasteiger partial charge >= 0.3 is 0 Å². The molecule has 11 nitrogen and oxygen atoms in total. The van der Waals surface area contributed by atoms with Crippen molar-refractivity contribution < 1.29 is 13.2 Å². The summed E-state index contributed by atoms with van der Waals surface area (Å²) in [7, 11) is -3.09.